The van der Waals surface area contributed by atoms with E-state index in [1.807, 2.05) is 6.92 Å². The highest BCUT2D eigenvalue weighted by Gasteiger charge is 2.17. The first-order valence-corrected chi connectivity index (χ1v) is 9.29. The molecule has 0 spiro atoms. The summed E-state index contributed by atoms with van der Waals surface area (Å²) in [5, 5.41) is 9.77. The standard InChI is InChI=1S/C20H17NO4S/c1-15-10-12-17(13-11-15)26(23,24)25-20-9-5-2-6-16(20)14-21-18-7-3-4-8-19(18)22/h2-14,22H,1H3. The molecule has 0 aliphatic heterocycles. The molecule has 3 aromatic rings. The van der Waals surface area contributed by atoms with E-state index in [-0.39, 0.29) is 16.4 Å². The van der Waals surface area contributed by atoms with Gasteiger partial charge in [-0.15, -0.1) is 0 Å². The molecule has 3 aromatic carbocycles. The van der Waals surface area contributed by atoms with Gasteiger partial charge in [0.25, 0.3) is 0 Å². The second-order valence-electron chi connectivity index (χ2n) is 5.64. The molecule has 5 nitrogen and oxygen atoms in total. The Bertz CT molecular complexity index is 1040. The van der Waals surface area contributed by atoms with Crippen LogP contribution in [0.3, 0.4) is 0 Å². The number of aromatic hydroxyl groups is 1. The highest BCUT2D eigenvalue weighted by Crippen LogP contribution is 2.26. The Labute approximate surface area is 152 Å². The molecule has 6 heteroatoms. The topological polar surface area (TPSA) is 76.0 Å². The minimum absolute atomic E-state index is 0.0365. The van der Waals surface area contributed by atoms with Gasteiger partial charge in [0, 0.05) is 11.8 Å². The molecule has 26 heavy (non-hydrogen) atoms. The van der Waals surface area contributed by atoms with Gasteiger partial charge < -0.3 is 9.29 Å². The molecule has 0 aliphatic rings. The van der Waals surface area contributed by atoms with Crippen molar-refractivity contribution in [2.45, 2.75) is 11.8 Å². The molecule has 0 aliphatic carbocycles. The minimum atomic E-state index is -3.95. The van der Waals surface area contributed by atoms with E-state index in [1.54, 1.807) is 54.6 Å². The maximum absolute atomic E-state index is 12.5. The Morgan fingerprint density at radius 1 is 0.923 bits per heavy atom. The molecule has 0 aromatic heterocycles. The van der Waals surface area contributed by atoms with Gasteiger partial charge in [0.15, 0.2) is 5.75 Å². The largest absolute Gasteiger partial charge is 0.506 e. The van der Waals surface area contributed by atoms with Crippen LogP contribution in [0, 0.1) is 6.92 Å². The molecule has 0 heterocycles. The summed E-state index contributed by atoms with van der Waals surface area (Å²) >= 11 is 0. The Hall–Kier alpha value is -3.12. The zero-order chi connectivity index (χ0) is 18.6. The van der Waals surface area contributed by atoms with E-state index in [4.69, 9.17) is 4.18 Å². The number of phenols is 1. The first-order chi connectivity index (χ1) is 12.5. The molecule has 132 valence electrons. The van der Waals surface area contributed by atoms with Gasteiger partial charge in [-0.3, -0.25) is 4.99 Å². The van der Waals surface area contributed by atoms with Crippen molar-refractivity contribution < 1.29 is 17.7 Å². The number of para-hydroxylation sites is 3. The van der Waals surface area contributed by atoms with Crippen molar-refractivity contribution in [1.82, 2.24) is 0 Å². The van der Waals surface area contributed by atoms with Crippen LogP contribution in [-0.2, 0) is 10.1 Å². The summed E-state index contributed by atoms with van der Waals surface area (Å²) in [5.41, 5.74) is 1.81. The molecule has 0 bridgehead atoms. The number of rotatable bonds is 5. The zero-order valence-corrected chi connectivity index (χ0v) is 14.8. The van der Waals surface area contributed by atoms with Gasteiger partial charge in [-0.05, 0) is 43.3 Å². The Morgan fingerprint density at radius 3 is 2.31 bits per heavy atom. The second-order valence-corrected chi connectivity index (χ2v) is 7.18. The molecule has 0 radical (unpaired) electrons. The van der Waals surface area contributed by atoms with Crippen LogP contribution < -0.4 is 4.18 Å². The summed E-state index contributed by atoms with van der Waals surface area (Å²) in [4.78, 5) is 4.28. The lowest BCUT2D eigenvalue weighted by Gasteiger charge is -2.09. The van der Waals surface area contributed by atoms with Crippen LogP contribution in [0.5, 0.6) is 11.5 Å². The predicted octanol–water partition coefficient (Wildman–Crippen LogP) is 4.22. The summed E-state index contributed by atoms with van der Waals surface area (Å²) in [6.07, 6.45) is 1.45. The summed E-state index contributed by atoms with van der Waals surface area (Å²) in [6, 6.07) is 19.7. The summed E-state index contributed by atoms with van der Waals surface area (Å²) in [6.45, 7) is 1.88. The van der Waals surface area contributed by atoms with Gasteiger partial charge in [0.05, 0.1) is 0 Å². The smallest absolute Gasteiger partial charge is 0.339 e. The van der Waals surface area contributed by atoms with Crippen LogP contribution in [0.15, 0.2) is 82.7 Å². The molecule has 0 atom stereocenters. The number of nitrogens with zero attached hydrogens (tertiary/aromatic N) is 1. The molecule has 3 rings (SSSR count). The van der Waals surface area contributed by atoms with E-state index >= 15 is 0 Å². The van der Waals surface area contributed by atoms with Crippen molar-refractivity contribution in [3.05, 3.63) is 83.9 Å². The van der Waals surface area contributed by atoms with Gasteiger partial charge in [-0.1, -0.05) is 42.0 Å². The van der Waals surface area contributed by atoms with Crippen LogP contribution in [0.1, 0.15) is 11.1 Å². The van der Waals surface area contributed by atoms with Crippen LogP contribution in [0.25, 0.3) is 0 Å². The normalized spacial score (nSPS) is 11.6. The lowest BCUT2D eigenvalue weighted by molar-refractivity contribution is 0.476. The summed E-state index contributed by atoms with van der Waals surface area (Å²) in [5.74, 6) is 0.196. The highest BCUT2D eigenvalue weighted by molar-refractivity contribution is 7.87. The van der Waals surface area contributed by atoms with Crippen LogP contribution >= 0.6 is 0 Å². The van der Waals surface area contributed by atoms with E-state index in [1.165, 1.54) is 24.4 Å². The number of benzene rings is 3. The fraction of sp³-hybridized carbons (Fsp3) is 0.0500. The summed E-state index contributed by atoms with van der Waals surface area (Å²) in [7, 11) is -3.95. The lowest BCUT2D eigenvalue weighted by atomic mass is 10.2. The molecule has 0 amide bonds. The van der Waals surface area contributed by atoms with Crippen molar-refractivity contribution in [2.24, 2.45) is 4.99 Å². The third kappa shape index (κ3) is 4.10. The fourth-order valence-electron chi connectivity index (χ4n) is 2.25. The van der Waals surface area contributed by atoms with E-state index in [0.717, 1.165) is 5.56 Å². The molecule has 0 unspecified atom stereocenters. The van der Waals surface area contributed by atoms with Crippen LogP contribution in [-0.4, -0.2) is 19.7 Å². The van der Waals surface area contributed by atoms with Gasteiger partial charge in [-0.25, -0.2) is 0 Å². The maximum atomic E-state index is 12.5. The average molecular weight is 367 g/mol. The quantitative estimate of drug-likeness (QED) is 0.541. The van der Waals surface area contributed by atoms with Crippen LogP contribution in [0.4, 0.5) is 5.69 Å². The van der Waals surface area contributed by atoms with E-state index < -0.39 is 10.1 Å². The van der Waals surface area contributed by atoms with Gasteiger partial charge in [0.1, 0.15) is 16.3 Å². The fourth-order valence-corrected chi connectivity index (χ4v) is 3.20. The molecule has 0 saturated heterocycles. The van der Waals surface area contributed by atoms with Crippen molar-refractivity contribution in [1.29, 1.82) is 0 Å². The van der Waals surface area contributed by atoms with Gasteiger partial charge in [0.2, 0.25) is 0 Å². The SMILES string of the molecule is Cc1ccc(S(=O)(=O)Oc2ccccc2C=Nc2ccccc2O)cc1. The zero-order valence-electron chi connectivity index (χ0n) is 14.0. The van der Waals surface area contributed by atoms with E-state index in [0.29, 0.717) is 11.3 Å². The highest BCUT2D eigenvalue weighted by atomic mass is 32.2. The number of phenolic OH excluding ortho intramolecular Hbond substituents is 1. The first-order valence-electron chi connectivity index (χ1n) is 7.88. The van der Waals surface area contributed by atoms with E-state index in [9.17, 15) is 13.5 Å². The van der Waals surface area contributed by atoms with Crippen molar-refractivity contribution in [3.63, 3.8) is 0 Å². The molecular weight excluding hydrogens is 350 g/mol. The Kier molecular flexibility index (Phi) is 5.04. The Balaban J connectivity index is 1.90. The molecule has 0 saturated carbocycles. The monoisotopic (exact) mass is 367 g/mol. The number of hydrogen-bond donors (Lipinski definition) is 1. The van der Waals surface area contributed by atoms with Crippen molar-refractivity contribution in [3.8, 4) is 11.5 Å². The van der Waals surface area contributed by atoms with Crippen molar-refractivity contribution in [2.75, 3.05) is 0 Å². The minimum Gasteiger partial charge on any atom is -0.506 e. The number of hydrogen-bond acceptors (Lipinski definition) is 5. The van der Waals surface area contributed by atoms with Gasteiger partial charge >= 0.3 is 10.1 Å². The predicted molar refractivity (Wildman–Crippen MR) is 101 cm³/mol. The van der Waals surface area contributed by atoms with E-state index in [2.05, 4.69) is 4.99 Å². The lowest BCUT2D eigenvalue weighted by Crippen LogP contribution is -2.10. The third-order valence-electron chi connectivity index (χ3n) is 3.65. The van der Waals surface area contributed by atoms with Crippen molar-refractivity contribution >= 4 is 22.0 Å². The first kappa shape index (κ1) is 17.7. The average Bonchev–Trinajstić information content (AvgIpc) is 2.62. The number of aliphatic imine (C=N–C) groups is 1. The number of aryl methyl sites for hydroxylation is 1. The Morgan fingerprint density at radius 2 is 1.58 bits per heavy atom. The van der Waals surface area contributed by atoms with Gasteiger partial charge in [-0.2, -0.15) is 8.42 Å². The molecule has 1 N–H and O–H groups in total. The second kappa shape index (κ2) is 7.41. The summed E-state index contributed by atoms with van der Waals surface area (Å²) < 4.78 is 30.3. The molecule has 0 fully saturated rings. The third-order valence-corrected chi connectivity index (χ3v) is 4.90. The molecular formula is C20H17NO4S. The van der Waals surface area contributed by atoms with Crippen LogP contribution in [0.2, 0.25) is 0 Å². The maximum Gasteiger partial charge on any atom is 0.339 e.